The Morgan fingerprint density at radius 2 is 2.25 bits per heavy atom. The predicted molar refractivity (Wildman–Crippen MR) is 70.2 cm³/mol. The lowest BCUT2D eigenvalue weighted by Gasteiger charge is -2.34. The molecule has 0 aromatic rings. The van der Waals surface area contributed by atoms with E-state index in [0.29, 0.717) is 12.0 Å². The van der Waals surface area contributed by atoms with Gasteiger partial charge in [-0.3, -0.25) is 0 Å². The van der Waals surface area contributed by atoms with Gasteiger partial charge < -0.3 is 35.8 Å². The van der Waals surface area contributed by atoms with E-state index in [1.165, 1.54) is 11.1 Å². The van der Waals surface area contributed by atoms with Gasteiger partial charge in [0.1, 0.15) is 18.2 Å². The molecule has 5 atom stereocenters. The van der Waals surface area contributed by atoms with Crippen molar-refractivity contribution in [3.05, 3.63) is 11.8 Å². The highest BCUT2D eigenvalue weighted by Gasteiger charge is 2.39. The van der Waals surface area contributed by atoms with Gasteiger partial charge in [-0.05, 0) is 6.42 Å². The maximum Gasteiger partial charge on any atom is 0.229 e. The van der Waals surface area contributed by atoms with Crippen LogP contribution in [-0.4, -0.2) is 68.7 Å². The number of aliphatic hydroxyl groups excluding tert-OH is 4. The fourth-order valence-corrected chi connectivity index (χ4v) is 2.33. The lowest BCUT2D eigenvalue weighted by molar-refractivity contribution is -0.111. The summed E-state index contributed by atoms with van der Waals surface area (Å²) in [5, 5.41) is 38.6. The molecule has 2 heterocycles. The van der Waals surface area contributed by atoms with E-state index in [1.807, 2.05) is 0 Å². The normalized spacial score (nSPS) is 35.8. The molecule has 2 aliphatic heterocycles. The van der Waals surface area contributed by atoms with E-state index in [-0.39, 0.29) is 18.9 Å². The molecule has 2 rings (SSSR count). The summed E-state index contributed by atoms with van der Waals surface area (Å²) >= 11 is 0. The standard InChI is InChI=1S/C12H21N3O5/c1-2-7(17)6-4-15(12(19)14-11(6)13)10-3-8(18)9(5-16)20-10/h4,7-10,12,16-19H,2-3,5H2,1H3,(H2,13,14)/t7?,8?,9-,10-,12?/m1/s1. The van der Waals surface area contributed by atoms with Crippen molar-refractivity contribution < 1.29 is 25.2 Å². The number of rotatable bonds is 4. The molecular formula is C12H21N3O5. The van der Waals surface area contributed by atoms with Crippen LogP contribution in [0.4, 0.5) is 0 Å². The average Bonchev–Trinajstić information content (AvgIpc) is 2.79. The average molecular weight is 287 g/mol. The van der Waals surface area contributed by atoms with Gasteiger partial charge >= 0.3 is 0 Å². The van der Waals surface area contributed by atoms with E-state index < -0.39 is 30.9 Å². The molecular weight excluding hydrogens is 266 g/mol. The SMILES string of the molecule is CCC(O)C1=CN([C@H]2CC(O)[C@@H](CO)O2)C(O)N=C1N. The van der Waals surface area contributed by atoms with Gasteiger partial charge in [-0.15, -0.1) is 0 Å². The Hall–Kier alpha value is -1.19. The van der Waals surface area contributed by atoms with Crippen molar-refractivity contribution in [1.29, 1.82) is 0 Å². The summed E-state index contributed by atoms with van der Waals surface area (Å²) < 4.78 is 5.46. The minimum Gasteiger partial charge on any atom is -0.394 e. The Bertz CT molecular complexity index is 414. The third-order valence-electron chi connectivity index (χ3n) is 3.57. The van der Waals surface area contributed by atoms with Gasteiger partial charge in [-0.25, -0.2) is 4.99 Å². The first kappa shape index (κ1) is 15.2. The first-order valence-corrected chi connectivity index (χ1v) is 6.61. The molecule has 3 unspecified atom stereocenters. The van der Waals surface area contributed by atoms with Gasteiger partial charge in [-0.1, -0.05) is 6.92 Å². The van der Waals surface area contributed by atoms with E-state index >= 15 is 0 Å². The molecule has 1 saturated heterocycles. The monoisotopic (exact) mass is 287 g/mol. The van der Waals surface area contributed by atoms with Gasteiger partial charge in [-0.2, -0.15) is 0 Å². The minimum atomic E-state index is -1.24. The van der Waals surface area contributed by atoms with Crippen LogP contribution in [0.5, 0.6) is 0 Å². The van der Waals surface area contributed by atoms with Gasteiger partial charge in [0.2, 0.25) is 6.35 Å². The van der Waals surface area contributed by atoms with Crippen molar-refractivity contribution in [2.24, 2.45) is 10.7 Å². The Labute approximate surface area is 116 Å². The first-order valence-electron chi connectivity index (χ1n) is 6.61. The summed E-state index contributed by atoms with van der Waals surface area (Å²) in [6, 6.07) is 0. The molecule has 0 radical (unpaired) electrons. The zero-order valence-electron chi connectivity index (χ0n) is 11.3. The second-order valence-corrected chi connectivity index (χ2v) is 4.93. The van der Waals surface area contributed by atoms with E-state index in [2.05, 4.69) is 4.99 Å². The number of amidine groups is 1. The predicted octanol–water partition coefficient (Wildman–Crippen LogP) is -1.94. The maximum absolute atomic E-state index is 9.93. The second kappa shape index (κ2) is 6.06. The fourth-order valence-electron chi connectivity index (χ4n) is 2.33. The highest BCUT2D eigenvalue weighted by Crippen LogP contribution is 2.27. The molecule has 0 spiro atoms. The second-order valence-electron chi connectivity index (χ2n) is 4.93. The fraction of sp³-hybridized carbons (Fsp3) is 0.750. The van der Waals surface area contributed by atoms with Gasteiger partial charge in [0, 0.05) is 18.2 Å². The molecule has 6 N–H and O–H groups in total. The lowest BCUT2D eigenvalue weighted by Crippen LogP contribution is -2.44. The van der Waals surface area contributed by atoms with E-state index in [0.717, 1.165) is 0 Å². The number of nitrogens with zero attached hydrogens (tertiary/aromatic N) is 2. The van der Waals surface area contributed by atoms with Crippen LogP contribution in [0.2, 0.25) is 0 Å². The highest BCUT2D eigenvalue weighted by atomic mass is 16.5. The Morgan fingerprint density at radius 1 is 1.55 bits per heavy atom. The highest BCUT2D eigenvalue weighted by molar-refractivity contribution is 5.98. The summed E-state index contributed by atoms with van der Waals surface area (Å²) in [5.74, 6) is 0.0837. The molecule has 0 aliphatic carbocycles. The molecule has 2 aliphatic rings. The Morgan fingerprint density at radius 3 is 2.80 bits per heavy atom. The molecule has 20 heavy (non-hydrogen) atoms. The third kappa shape index (κ3) is 2.79. The van der Waals surface area contributed by atoms with Crippen LogP contribution < -0.4 is 5.73 Å². The maximum atomic E-state index is 9.93. The van der Waals surface area contributed by atoms with Crippen LogP contribution in [0.1, 0.15) is 19.8 Å². The molecule has 114 valence electrons. The van der Waals surface area contributed by atoms with Crippen molar-refractivity contribution in [1.82, 2.24) is 4.90 Å². The van der Waals surface area contributed by atoms with Gasteiger partial charge in [0.05, 0.1) is 18.8 Å². The molecule has 0 aromatic heterocycles. The van der Waals surface area contributed by atoms with Crippen LogP contribution in [0.25, 0.3) is 0 Å². The van der Waals surface area contributed by atoms with Crippen LogP contribution in [0.15, 0.2) is 16.8 Å². The Balaban J connectivity index is 2.17. The Kier molecular flexibility index (Phi) is 4.61. The number of hydrogen-bond acceptors (Lipinski definition) is 8. The van der Waals surface area contributed by atoms with Crippen molar-refractivity contribution in [3.63, 3.8) is 0 Å². The topological polar surface area (TPSA) is 132 Å². The third-order valence-corrected chi connectivity index (χ3v) is 3.57. The molecule has 0 bridgehead atoms. The summed E-state index contributed by atoms with van der Waals surface area (Å²) in [4.78, 5) is 5.24. The number of aliphatic imine (C=N–C) groups is 1. The van der Waals surface area contributed by atoms with Crippen molar-refractivity contribution in [3.8, 4) is 0 Å². The number of hydrogen-bond donors (Lipinski definition) is 5. The molecule has 0 aromatic carbocycles. The van der Waals surface area contributed by atoms with Crippen LogP contribution >= 0.6 is 0 Å². The molecule has 0 amide bonds. The molecule has 1 fully saturated rings. The van der Waals surface area contributed by atoms with E-state index in [4.69, 9.17) is 15.6 Å². The van der Waals surface area contributed by atoms with E-state index in [9.17, 15) is 15.3 Å². The zero-order valence-corrected chi connectivity index (χ0v) is 11.3. The summed E-state index contributed by atoms with van der Waals surface area (Å²) in [7, 11) is 0. The molecule has 8 heteroatoms. The lowest BCUT2D eigenvalue weighted by atomic mass is 10.1. The van der Waals surface area contributed by atoms with Gasteiger partial charge in [0.25, 0.3) is 0 Å². The number of nitrogens with two attached hydrogens (primary N) is 1. The van der Waals surface area contributed by atoms with Crippen molar-refractivity contribution in [2.75, 3.05) is 6.61 Å². The van der Waals surface area contributed by atoms with E-state index in [1.54, 1.807) is 6.92 Å². The largest absolute Gasteiger partial charge is 0.394 e. The van der Waals surface area contributed by atoms with Crippen LogP contribution in [-0.2, 0) is 4.74 Å². The van der Waals surface area contributed by atoms with Crippen LogP contribution in [0, 0.1) is 0 Å². The number of ether oxygens (including phenoxy) is 1. The number of aliphatic hydroxyl groups is 4. The molecule has 0 saturated carbocycles. The minimum absolute atomic E-state index is 0.0837. The first-order chi connectivity index (χ1) is 9.47. The van der Waals surface area contributed by atoms with Crippen molar-refractivity contribution in [2.45, 2.75) is 50.7 Å². The van der Waals surface area contributed by atoms with Gasteiger partial charge in [0.15, 0.2) is 0 Å². The summed E-state index contributed by atoms with van der Waals surface area (Å²) in [5.41, 5.74) is 6.10. The quantitative estimate of drug-likeness (QED) is 0.406. The van der Waals surface area contributed by atoms with Crippen LogP contribution in [0.3, 0.4) is 0 Å². The molecule has 8 nitrogen and oxygen atoms in total. The smallest absolute Gasteiger partial charge is 0.229 e. The summed E-state index contributed by atoms with van der Waals surface area (Å²) in [6.45, 7) is 1.49. The summed E-state index contributed by atoms with van der Waals surface area (Å²) in [6.07, 6.45) is -1.97. The van der Waals surface area contributed by atoms with Crippen molar-refractivity contribution >= 4 is 5.84 Å². The zero-order chi connectivity index (χ0) is 14.9.